The Morgan fingerprint density at radius 2 is 1.86 bits per heavy atom. The summed E-state index contributed by atoms with van der Waals surface area (Å²) in [4.78, 5) is 0. The minimum Gasteiger partial charge on any atom is -0.386 e. The van der Waals surface area contributed by atoms with Gasteiger partial charge in [0.1, 0.15) is 11.7 Å². The Morgan fingerprint density at radius 1 is 1.29 bits per heavy atom. The van der Waals surface area contributed by atoms with E-state index >= 15 is 0 Å². The summed E-state index contributed by atoms with van der Waals surface area (Å²) in [7, 11) is 0. The number of aliphatic hydroxyl groups is 2. The molecule has 76 valence electrons. The summed E-state index contributed by atoms with van der Waals surface area (Å²) in [5.41, 5.74) is -0.515. The molecule has 2 atom stereocenters. The maximum absolute atomic E-state index is 10.1. The zero-order valence-corrected chi connectivity index (χ0v) is 8.51. The highest BCUT2D eigenvalue weighted by atomic mass is 16.3. The lowest BCUT2D eigenvalue weighted by atomic mass is 9.90. The Labute approximate surface area is 84.5 Å². The predicted molar refractivity (Wildman–Crippen MR) is 56.8 cm³/mol. The molecule has 2 heteroatoms. The minimum atomic E-state index is -1.23. The fourth-order valence-corrected chi connectivity index (χ4v) is 1.32. The molecule has 1 aromatic rings. The molecule has 0 saturated carbocycles. The average Bonchev–Trinajstić information content (AvgIpc) is 2.19. The third-order valence-electron chi connectivity index (χ3n) is 2.31. The number of benzene rings is 1. The molecule has 0 spiro atoms. The second-order valence-corrected chi connectivity index (χ2v) is 3.48. The van der Waals surface area contributed by atoms with Crippen LogP contribution in [0, 0.1) is 0 Å². The van der Waals surface area contributed by atoms with E-state index in [2.05, 4.69) is 0 Å². The first-order valence-electron chi connectivity index (χ1n) is 4.68. The van der Waals surface area contributed by atoms with Gasteiger partial charge < -0.3 is 10.2 Å². The summed E-state index contributed by atoms with van der Waals surface area (Å²) in [6.45, 7) is 3.41. The molecule has 1 rings (SSSR count). The van der Waals surface area contributed by atoms with Crippen molar-refractivity contribution in [3.8, 4) is 0 Å². The lowest BCUT2D eigenvalue weighted by Crippen LogP contribution is -2.34. The zero-order valence-electron chi connectivity index (χ0n) is 8.51. The van der Waals surface area contributed by atoms with Crippen LogP contribution in [0.2, 0.25) is 0 Å². The van der Waals surface area contributed by atoms with Crippen molar-refractivity contribution in [1.82, 2.24) is 0 Å². The van der Waals surface area contributed by atoms with Crippen molar-refractivity contribution in [2.24, 2.45) is 0 Å². The summed E-state index contributed by atoms with van der Waals surface area (Å²) in [5.74, 6) is 0. The van der Waals surface area contributed by atoms with Crippen LogP contribution in [0.1, 0.15) is 19.4 Å². The molecule has 14 heavy (non-hydrogen) atoms. The van der Waals surface area contributed by atoms with E-state index in [-0.39, 0.29) is 0 Å². The molecule has 0 aliphatic rings. The largest absolute Gasteiger partial charge is 0.386 e. The van der Waals surface area contributed by atoms with Crippen LogP contribution in [-0.4, -0.2) is 16.3 Å². The minimum absolute atomic E-state index is 0.714. The quantitative estimate of drug-likeness (QED) is 0.717. The van der Waals surface area contributed by atoms with Crippen LogP contribution in [0.15, 0.2) is 42.5 Å². The molecule has 0 aliphatic carbocycles. The molecule has 0 aromatic heterocycles. The van der Waals surface area contributed by atoms with Crippen molar-refractivity contribution in [3.05, 3.63) is 48.0 Å². The molecule has 0 saturated heterocycles. The average molecular weight is 192 g/mol. The predicted octanol–water partition coefficient (Wildman–Crippen LogP) is 1.83. The molecule has 0 bridgehead atoms. The van der Waals surface area contributed by atoms with Crippen LogP contribution in [-0.2, 0) is 5.60 Å². The van der Waals surface area contributed by atoms with Crippen molar-refractivity contribution >= 4 is 0 Å². The second-order valence-electron chi connectivity index (χ2n) is 3.48. The Kier molecular flexibility index (Phi) is 3.44. The van der Waals surface area contributed by atoms with Crippen LogP contribution >= 0.6 is 0 Å². The first-order chi connectivity index (χ1) is 6.59. The maximum atomic E-state index is 10.1. The van der Waals surface area contributed by atoms with Crippen molar-refractivity contribution in [2.75, 3.05) is 0 Å². The molecule has 2 N–H and O–H groups in total. The van der Waals surface area contributed by atoms with Gasteiger partial charge in [0, 0.05) is 0 Å². The van der Waals surface area contributed by atoms with Crippen LogP contribution < -0.4 is 0 Å². The number of rotatable bonds is 3. The molecule has 0 fully saturated rings. The Balaban J connectivity index is 2.95. The van der Waals surface area contributed by atoms with E-state index in [1.165, 1.54) is 0 Å². The summed E-state index contributed by atoms with van der Waals surface area (Å²) in [6.07, 6.45) is 2.42. The first-order valence-corrected chi connectivity index (χ1v) is 4.68. The molecule has 1 aromatic carbocycles. The van der Waals surface area contributed by atoms with Crippen LogP contribution in [0.25, 0.3) is 0 Å². The van der Waals surface area contributed by atoms with Crippen LogP contribution in [0.5, 0.6) is 0 Å². The Hall–Kier alpha value is -1.12. The fraction of sp³-hybridized carbons (Fsp3) is 0.333. The SMILES string of the molecule is CC=CC(O)C(C)(O)c1ccccc1. The maximum Gasteiger partial charge on any atom is 0.116 e. The van der Waals surface area contributed by atoms with Gasteiger partial charge >= 0.3 is 0 Å². The normalized spacial score (nSPS) is 18.0. The van der Waals surface area contributed by atoms with Crippen molar-refractivity contribution in [2.45, 2.75) is 25.6 Å². The highest BCUT2D eigenvalue weighted by Crippen LogP contribution is 2.24. The lowest BCUT2D eigenvalue weighted by molar-refractivity contribution is -0.0424. The van der Waals surface area contributed by atoms with E-state index in [1.54, 1.807) is 31.2 Å². The van der Waals surface area contributed by atoms with Crippen molar-refractivity contribution in [1.29, 1.82) is 0 Å². The van der Waals surface area contributed by atoms with Gasteiger partial charge in [0.15, 0.2) is 0 Å². The number of aliphatic hydroxyl groups excluding tert-OH is 1. The Morgan fingerprint density at radius 3 is 2.36 bits per heavy atom. The van der Waals surface area contributed by atoms with Gasteiger partial charge in [-0.25, -0.2) is 0 Å². The lowest BCUT2D eigenvalue weighted by Gasteiger charge is -2.27. The molecule has 2 unspecified atom stereocenters. The summed E-state index contributed by atoms with van der Waals surface area (Å²) in [5, 5.41) is 19.8. The molecule has 0 aliphatic heterocycles. The van der Waals surface area contributed by atoms with Gasteiger partial charge in [-0.3, -0.25) is 0 Å². The van der Waals surface area contributed by atoms with Gasteiger partial charge in [-0.1, -0.05) is 42.5 Å². The van der Waals surface area contributed by atoms with Gasteiger partial charge in [-0.05, 0) is 19.4 Å². The van der Waals surface area contributed by atoms with Crippen molar-refractivity contribution < 1.29 is 10.2 Å². The first kappa shape index (κ1) is 11.0. The number of allylic oxidation sites excluding steroid dienone is 1. The van der Waals surface area contributed by atoms with Gasteiger partial charge in [0.2, 0.25) is 0 Å². The third kappa shape index (κ3) is 2.22. The second kappa shape index (κ2) is 4.40. The number of hydrogen-bond acceptors (Lipinski definition) is 2. The topological polar surface area (TPSA) is 40.5 Å². The van der Waals surface area contributed by atoms with E-state index in [9.17, 15) is 10.2 Å². The number of hydrogen-bond donors (Lipinski definition) is 2. The molecule has 0 amide bonds. The van der Waals surface area contributed by atoms with E-state index in [1.807, 2.05) is 25.1 Å². The van der Waals surface area contributed by atoms with Gasteiger partial charge in [-0.15, -0.1) is 0 Å². The highest BCUT2D eigenvalue weighted by Gasteiger charge is 2.29. The van der Waals surface area contributed by atoms with E-state index in [0.29, 0.717) is 5.56 Å². The highest BCUT2D eigenvalue weighted by molar-refractivity contribution is 5.24. The van der Waals surface area contributed by atoms with E-state index in [0.717, 1.165) is 0 Å². The monoisotopic (exact) mass is 192 g/mol. The zero-order chi connectivity index (χ0) is 10.6. The van der Waals surface area contributed by atoms with Crippen molar-refractivity contribution in [3.63, 3.8) is 0 Å². The summed E-state index contributed by atoms with van der Waals surface area (Å²) in [6, 6.07) is 9.15. The fourth-order valence-electron chi connectivity index (χ4n) is 1.32. The standard InChI is InChI=1S/C12H16O2/c1-3-7-11(13)12(2,14)10-8-5-4-6-9-10/h3-9,11,13-14H,1-2H3. The third-order valence-corrected chi connectivity index (χ3v) is 2.31. The van der Waals surface area contributed by atoms with Gasteiger partial charge in [0.05, 0.1) is 0 Å². The molecule has 0 heterocycles. The molecular weight excluding hydrogens is 176 g/mol. The van der Waals surface area contributed by atoms with Gasteiger partial charge in [0.25, 0.3) is 0 Å². The Bertz CT molecular complexity index is 301. The van der Waals surface area contributed by atoms with E-state index < -0.39 is 11.7 Å². The van der Waals surface area contributed by atoms with Crippen LogP contribution in [0.4, 0.5) is 0 Å². The molecule has 0 radical (unpaired) electrons. The molecule has 2 nitrogen and oxygen atoms in total. The van der Waals surface area contributed by atoms with Gasteiger partial charge in [-0.2, -0.15) is 0 Å². The smallest absolute Gasteiger partial charge is 0.116 e. The summed E-state index contributed by atoms with van der Waals surface area (Å²) >= 11 is 0. The molecular formula is C12H16O2. The van der Waals surface area contributed by atoms with Crippen LogP contribution in [0.3, 0.4) is 0 Å². The summed E-state index contributed by atoms with van der Waals surface area (Å²) < 4.78 is 0. The van der Waals surface area contributed by atoms with E-state index in [4.69, 9.17) is 0 Å².